The van der Waals surface area contributed by atoms with Crippen LogP contribution in [0.15, 0.2) is 12.3 Å². The van der Waals surface area contributed by atoms with Crippen LogP contribution in [-0.4, -0.2) is 29.3 Å². The van der Waals surface area contributed by atoms with E-state index in [0.29, 0.717) is 11.6 Å². The summed E-state index contributed by atoms with van der Waals surface area (Å²) in [7, 11) is 0. The molecular formula is C11H15N3O. The molecule has 0 spiro atoms. The van der Waals surface area contributed by atoms with E-state index >= 15 is 0 Å². The Morgan fingerprint density at radius 3 is 2.87 bits per heavy atom. The van der Waals surface area contributed by atoms with Gasteiger partial charge in [-0.3, -0.25) is 4.79 Å². The largest absolute Gasteiger partial charge is 0.341 e. The van der Waals surface area contributed by atoms with Gasteiger partial charge in [-0.1, -0.05) is 6.92 Å². The maximum absolute atomic E-state index is 10.6. The van der Waals surface area contributed by atoms with Gasteiger partial charge in [0, 0.05) is 19.3 Å². The lowest BCUT2D eigenvalue weighted by atomic mass is 10.00. The minimum absolute atomic E-state index is 0.457. The van der Waals surface area contributed by atoms with Gasteiger partial charge in [-0.15, -0.1) is 0 Å². The normalized spacial score (nSPS) is 17.8. The van der Waals surface area contributed by atoms with Gasteiger partial charge in [0.15, 0.2) is 6.29 Å². The van der Waals surface area contributed by atoms with Gasteiger partial charge in [0.1, 0.15) is 5.69 Å². The first-order valence-electron chi connectivity index (χ1n) is 5.33. The first-order valence-corrected chi connectivity index (χ1v) is 5.33. The van der Waals surface area contributed by atoms with Crippen LogP contribution >= 0.6 is 0 Å². The number of anilines is 1. The molecule has 1 aromatic rings. The molecule has 0 aromatic carbocycles. The van der Waals surface area contributed by atoms with Crippen molar-refractivity contribution in [1.82, 2.24) is 9.97 Å². The van der Waals surface area contributed by atoms with Crippen LogP contribution in [0.25, 0.3) is 0 Å². The van der Waals surface area contributed by atoms with E-state index in [2.05, 4.69) is 21.8 Å². The SMILES string of the molecule is CC1CCN(c2nccc(C=O)n2)CC1. The van der Waals surface area contributed by atoms with Crippen LogP contribution in [0.4, 0.5) is 5.95 Å². The Labute approximate surface area is 89.3 Å². The molecule has 0 saturated carbocycles. The number of aldehydes is 1. The van der Waals surface area contributed by atoms with Crippen molar-refractivity contribution in [3.8, 4) is 0 Å². The van der Waals surface area contributed by atoms with Crippen LogP contribution < -0.4 is 4.90 Å². The summed E-state index contributed by atoms with van der Waals surface area (Å²) in [6, 6.07) is 1.63. The third kappa shape index (κ3) is 2.32. The van der Waals surface area contributed by atoms with Gasteiger partial charge in [-0.25, -0.2) is 9.97 Å². The molecule has 0 aliphatic carbocycles. The molecule has 0 atom stereocenters. The predicted molar refractivity (Wildman–Crippen MR) is 58.0 cm³/mol. The number of rotatable bonds is 2. The molecule has 4 nitrogen and oxygen atoms in total. The molecule has 4 heteroatoms. The molecule has 0 radical (unpaired) electrons. The first-order chi connectivity index (χ1) is 7.29. The third-order valence-corrected chi connectivity index (χ3v) is 2.85. The molecule has 2 rings (SSSR count). The third-order valence-electron chi connectivity index (χ3n) is 2.85. The molecule has 1 fully saturated rings. The van der Waals surface area contributed by atoms with E-state index in [0.717, 1.165) is 25.3 Å². The minimum atomic E-state index is 0.457. The maximum atomic E-state index is 10.6. The van der Waals surface area contributed by atoms with Gasteiger partial charge in [0.25, 0.3) is 0 Å². The lowest BCUT2D eigenvalue weighted by Crippen LogP contribution is -2.34. The van der Waals surface area contributed by atoms with E-state index in [9.17, 15) is 4.79 Å². The van der Waals surface area contributed by atoms with Crippen molar-refractivity contribution < 1.29 is 4.79 Å². The number of hydrogen-bond donors (Lipinski definition) is 0. The summed E-state index contributed by atoms with van der Waals surface area (Å²) in [6.45, 7) is 4.24. The zero-order chi connectivity index (χ0) is 10.7. The summed E-state index contributed by atoms with van der Waals surface area (Å²) in [6.07, 6.45) is 4.76. The smallest absolute Gasteiger partial charge is 0.225 e. The number of piperidine rings is 1. The summed E-state index contributed by atoms with van der Waals surface area (Å²) in [5.41, 5.74) is 0.457. The number of aromatic nitrogens is 2. The van der Waals surface area contributed by atoms with E-state index in [1.807, 2.05) is 0 Å². The standard InChI is InChI=1S/C11H15N3O/c1-9-3-6-14(7-4-9)11-12-5-2-10(8-15)13-11/h2,5,8-9H,3-4,6-7H2,1H3. The second-order valence-corrected chi connectivity index (χ2v) is 4.07. The molecule has 0 amide bonds. The second kappa shape index (κ2) is 4.38. The zero-order valence-electron chi connectivity index (χ0n) is 8.89. The Hall–Kier alpha value is -1.45. The van der Waals surface area contributed by atoms with Crippen LogP contribution in [0.1, 0.15) is 30.3 Å². The summed E-state index contributed by atoms with van der Waals surface area (Å²) in [5, 5.41) is 0. The highest BCUT2D eigenvalue weighted by atomic mass is 16.1. The van der Waals surface area contributed by atoms with Crippen molar-refractivity contribution >= 4 is 12.2 Å². The van der Waals surface area contributed by atoms with Gasteiger partial charge < -0.3 is 4.90 Å². The highest BCUT2D eigenvalue weighted by molar-refractivity contribution is 5.71. The molecule has 1 aliphatic heterocycles. The van der Waals surface area contributed by atoms with Crippen molar-refractivity contribution in [3.63, 3.8) is 0 Å². The average Bonchev–Trinajstić information content (AvgIpc) is 2.30. The zero-order valence-corrected chi connectivity index (χ0v) is 8.89. The highest BCUT2D eigenvalue weighted by Crippen LogP contribution is 2.19. The molecule has 1 saturated heterocycles. The van der Waals surface area contributed by atoms with Crippen LogP contribution in [0.2, 0.25) is 0 Å². The van der Waals surface area contributed by atoms with Crippen LogP contribution in [0.3, 0.4) is 0 Å². The van der Waals surface area contributed by atoms with E-state index in [4.69, 9.17) is 0 Å². The average molecular weight is 205 g/mol. The van der Waals surface area contributed by atoms with E-state index in [1.54, 1.807) is 12.3 Å². The van der Waals surface area contributed by atoms with E-state index < -0.39 is 0 Å². The molecule has 0 N–H and O–H groups in total. The van der Waals surface area contributed by atoms with Gasteiger partial charge >= 0.3 is 0 Å². The monoisotopic (exact) mass is 205 g/mol. The number of hydrogen-bond acceptors (Lipinski definition) is 4. The molecule has 2 heterocycles. The summed E-state index contributed by atoms with van der Waals surface area (Å²) < 4.78 is 0. The van der Waals surface area contributed by atoms with Gasteiger partial charge in [0.2, 0.25) is 5.95 Å². The van der Waals surface area contributed by atoms with Gasteiger partial charge in [-0.05, 0) is 24.8 Å². The Morgan fingerprint density at radius 1 is 1.47 bits per heavy atom. The lowest BCUT2D eigenvalue weighted by Gasteiger charge is -2.30. The Kier molecular flexibility index (Phi) is 2.94. The van der Waals surface area contributed by atoms with Crippen LogP contribution in [0.5, 0.6) is 0 Å². The molecule has 1 aromatic heterocycles. The van der Waals surface area contributed by atoms with Crippen molar-refractivity contribution in [2.75, 3.05) is 18.0 Å². The van der Waals surface area contributed by atoms with E-state index in [-0.39, 0.29) is 0 Å². The Bertz CT molecular complexity index is 345. The van der Waals surface area contributed by atoms with Crippen molar-refractivity contribution in [1.29, 1.82) is 0 Å². The summed E-state index contributed by atoms with van der Waals surface area (Å²) in [4.78, 5) is 21.1. The predicted octanol–water partition coefficient (Wildman–Crippen LogP) is 1.53. The molecular weight excluding hydrogens is 190 g/mol. The Morgan fingerprint density at radius 2 is 2.20 bits per heavy atom. The van der Waals surface area contributed by atoms with Crippen molar-refractivity contribution in [3.05, 3.63) is 18.0 Å². The molecule has 80 valence electrons. The molecule has 0 unspecified atom stereocenters. The van der Waals surface area contributed by atoms with Crippen LogP contribution in [-0.2, 0) is 0 Å². The minimum Gasteiger partial charge on any atom is -0.341 e. The maximum Gasteiger partial charge on any atom is 0.225 e. The quantitative estimate of drug-likeness (QED) is 0.687. The second-order valence-electron chi connectivity index (χ2n) is 4.07. The molecule has 1 aliphatic rings. The number of carbonyl (C=O) groups excluding carboxylic acids is 1. The number of carbonyl (C=O) groups is 1. The fourth-order valence-electron chi connectivity index (χ4n) is 1.79. The summed E-state index contributed by atoms with van der Waals surface area (Å²) >= 11 is 0. The fourth-order valence-corrected chi connectivity index (χ4v) is 1.79. The van der Waals surface area contributed by atoms with Crippen molar-refractivity contribution in [2.24, 2.45) is 5.92 Å². The molecule has 15 heavy (non-hydrogen) atoms. The number of nitrogens with zero attached hydrogens (tertiary/aromatic N) is 3. The van der Waals surface area contributed by atoms with Crippen molar-refractivity contribution in [2.45, 2.75) is 19.8 Å². The van der Waals surface area contributed by atoms with Crippen LogP contribution in [0, 0.1) is 5.92 Å². The van der Waals surface area contributed by atoms with Gasteiger partial charge in [-0.2, -0.15) is 0 Å². The lowest BCUT2D eigenvalue weighted by molar-refractivity contribution is 0.111. The summed E-state index contributed by atoms with van der Waals surface area (Å²) in [5.74, 6) is 1.47. The molecule has 0 bridgehead atoms. The van der Waals surface area contributed by atoms with Gasteiger partial charge in [0.05, 0.1) is 0 Å². The highest BCUT2D eigenvalue weighted by Gasteiger charge is 2.17. The first kappa shape index (κ1) is 10.1. The Balaban J connectivity index is 2.11. The van der Waals surface area contributed by atoms with E-state index in [1.165, 1.54) is 12.8 Å². The topological polar surface area (TPSA) is 46.1 Å². The fraction of sp³-hybridized carbons (Fsp3) is 0.545.